The average molecular weight is 413 g/mol. The number of nitro benzene ring substituents is 1. The highest BCUT2D eigenvalue weighted by atomic mass is 16.6. The predicted molar refractivity (Wildman–Crippen MR) is 118 cm³/mol. The van der Waals surface area contributed by atoms with E-state index in [1.54, 1.807) is 6.07 Å². The van der Waals surface area contributed by atoms with Crippen molar-refractivity contribution in [3.05, 3.63) is 93.5 Å². The molecular formula is C23H19N5O3. The molecule has 0 aromatic heterocycles. The summed E-state index contributed by atoms with van der Waals surface area (Å²) in [6.07, 6.45) is 0.666. The van der Waals surface area contributed by atoms with Gasteiger partial charge in [0.15, 0.2) is 0 Å². The van der Waals surface area contributed by atoms with E-state index >= 15 is 0 Å². The molecule has 0 saturated carbocycles. The Labute approximate surface area is 178 Å². The number of carbonyl (C=O) groups is 1. The standard InChI is InChI=1S/C23H19N5O3/c24-14-17-13-19(28(30)31)9-10-22(17)27-12-11-20-16(15-27)5-4-8-21(20)26-23(29)25-18-6-2-1-3-7-18/h1-10,13H,11-12,15H2,(H2,25,26,29). The first kappa shape index (κ1) is 19.9. The molecule has 0 unspecified atom stereocenters. The number of amides is 2. The van der Waals surface area contributed by atoms with E-state index < -0.39 is 4.92 Å². The molecule has 8 heteroatoms. The number of nitrogens with zero attached hydrogens (tertiary/aromatic N) is 3. The van der Waals surface area contributed by atoms with Gasteiger partial charge in [0.05, 0.1) is 16.2 Å². The van der Waals surface area contributed by atoms with Crippen LogP contribution in [0.1, 0.15) is 16.7 Å². The van der Waals surface area contributed by atoms with Crippen molar-refractivity contribution in [3.63, 3.8) is 0 Å². The zero-order chi connectivity index (χ0) is 21.8. The van der Waals surface area contributed by atoms with Gasteiger partial charge >= 0.3 is 6.03 Å². The van der Waals surface area contributed by atoms with Gasteiger partial charge in [-0.05, 0) is 41.8 Å². The van der Waals surface area contributed by atoms with Gasteiger partial charge in [-0.3, -0.25) is 10.1 Å². The number of para-hydroxylation sites is 1. The molecule has 1 aliphatic rings. The third-order valence-corrected chi connectivity index (χ3v) is 5.20. The molecule has 0 aliphatic carbocycles. The Morgan fingerprint density at radius 2 is 1.87 bits per heavy atom. The Hall–Kier alpha value is -4.38. The lowest BCUT2D eigenvalue weighted by molar-refractivity contribution is -0.384. The van der Waals surface area contributed by atoms with Gasteiger partial charge in [0, 0.05) is 36.6 Å². The van der Waals surface area contributed by atoms with Gasteiger partial charge in [0.1, 0.15) is 6.07 Å². The molecule has 2 N–H and O–H groups in total. The van der Waals surface area contributed by atoms with Crippen molar-refractivity contribution < 1.29 is 9.72 Å². The van der Waals surface area contributed by atoms with Crippen LogP contribution in [0.2, 0.25) is 0 Å². The van der Waals surface area contributed by atoms with Crippen molar-refractivity contribution >= 4 is 28.8 Å². The molecule has 0 fully saturated rings. The maximum atomic E-state index is 12.4. The molecule has 8 nitrogen and oxygen atoms in total. The number of anilines is 3. The second-order valence-electron chi connectivity index (χ2n) is 7.13. The summed E-state index contributed by atoms with van der Waals surface area (Å²) < 4.78 is 0. The molecular weight excluding hydrogens is 394 g/mol. The van der Waals surface area contributed by atoms with E-state index in [2.05, 4.69) is 16.7 Å². The zero-order valence-electron chi connectivity index (χ0n) is 16.5. The summed E-state index contributed by atoms with van der Waals surface area (Å²) >= 11 is 0. The number of rotatable bonds is 4. The lowest BCUT2D eigenvalue weighted by Crippen LogP contribution is -2.32. The molecule has 4 rings (SSSR count). The van der Waals surface area contributed by atoms with Crippen LogP contribution in [-0.2, 0) is 13.0 Å². The van der Waals surface area contributed by atoms with Crippen LogP contribution < -0.4 is 15.5 Å². The molecule has 0 saturated heterocycles. The third kappa shape index (κ3) is 4.31. The normalized spacial score (nSPS) is 12.4. The fourth-order valence-electron chi connectivity index (χ4n) is 3.74. The number of urea groups is 1. The number of nitrogens with one attached hydrogen (secondary N) is 2. The van der Waals surface area contributed by atoms with Crippen LogP contribution in [0, 0.1) is 21.4 Å². The molecule has 31 heavy (non-hydrogen) atoms. The number of nitro groups is 1. The summed E-state index contributed by atoms with van der Waals surface area (Å²) in [5.74, 6) is 0. The summed E-state index contributed by atoms with van der Waals surface area (Å²) in [5, 5.41) is 26.2. The highest BCUT2D eigenvalue weighted by molar-refractivity contribution is 6.00. The average Bonchev–Trinajstić information content (AvgIpc) is 2.79. The van der Waals surface area contributed by atoms with Crippen LogP contribution in [0.4, 0.5) is 27.5 Å². The van der Waals surface area contributed by atoms with Crippen LogP contribution in [0.3, 0.4) is 0 Å². The molecule has 154 valence electrons. The van der Waals surface area contributed by atoms with Gasteiger partial charge in [0.25, 0.3) is 5.69 Å². The summed E-state index contributed by atoms with van der Waals surface area (Å²) in [4.78, 5) is 24.9. The van der Waals surface area contributed by atoms with Crippen molar-refractivity contribution in [1.82, 2.24) is 0 Å². The van der Waals surface area contributed by atoms with Crippen molar-refractivity contribution in [1.29, 1.82) is 5.26 Å². The number of non-ortho nitro benzene ring substituents is 1. The molecule has 0 radical (unpaired) electrons. The minimum Gasteiger partial charge on any atom is -0.366 e. The molecule has 1 aliphatic heterocycles. The van der Waals surface area contributed by atoms with Crippen LogP contribution in [0.15, 0.2) is 66.7 Å². The van der Waals surface area contributed by atoms with E-state index in [1.165, 1.54) is 12.1 Å². The van der Waals surface area contributed by atoms with Crippen molar-refractivity contribution in [2.24, 2.45) is 0 Å². The number of benzene rings is 3. The van der Waals surface area contributed by atoms with Gasteiger partial charge in [0.2, 0.25) is 0 Å². The second kappa shape index (κ2) is 8.55. The molecule has 2 amide bonds. The van der Waals surface area contributed by atoms with E-state index in [-0.39, 0.29) is 17.3 Å². The summed E-state index contributed by atoms with van der Waals surface area (Å²) in [6, 6.07) is 21.0. The summed E-state index contributed by atoms with van der Waals surface area (Å²) in [5.41, 5.74) is 4.36. The fourth-order valence-corrected chi connectivity index (χ4v) is 3.74. The number of hydrogen-bond donors (Lipinski definition) is 2. The van der Waals surface area contributed by atoms with Gasteiger partial charge < -0.3 is 15.5 Å². The molecule has 0 atom stereocenters. The monoisotopic (exact) mass is 413 g/mol. The number of fused-ring (bicyclic) bond motifs is 1. The minimum atomic E-state index is -0.505. The van der Waals surface area contributed by atoms with E-state index in [0.29, 0.717) is 30.9 Å². The molecule has 3 aromatic carbocycles. The van der Waals surface area contributed by atoms with Gasteiger partial charge in [-0.2, -0.15) is 5.26 Å². The first-order valence-corrected chi connectivity index (χ1v) is 9.72. The van der Waals surface area contributed by atoms with Crippen molar-refractivity contribution in [2.75, 3.05) is 22.1 Å². The van der Waals surface area contributed by atoms with Crippen LogP contribution in [0.5, 0.6) is 0 Å². The first-order valence-electron chi connectivity index (χ1n) is 9.72. The van der Waals surface area contributed by atoms with E-state index in [1.807, 2.05) is 53.4 Å². The van der Waals surface area contributed by atoms with Gasteiger partial charge in [-0.15, -0.1) is 0 Å². The Balaban J connectivity index is 1.53. The van der Waals surface area contributed by atoms with Crippen molar-refractivity contribution in [2.45, 2.75) is 13.0 Å². The molecule has 0 bridgehead atoms. The third-order valence-electron chi connectivity index (χ3n) is 5.20. The summed E-state index contributed by atoms with van der Waals surface area (Å²) in [6.45, 7) is 1.16. The second-order valence-corrected chi connectivity index (χ2v) is 7.13. The molecule has 1 heterocycles. The maximum Gasteiger partial charge on any atom is 0.323 e. The zero-order valence-corrected chi connectivity index (χ0v) is 16.5. The lowest BCUT2D eigenvalue weighted by Gasteiger charge is -2.32. The number of nitriles is 1. The first-order chi connectivity index (χ1) is 15.0. The number of carbonyl (C=O) groups excluding carboxylic acids is 1. The van der Waals surface area contributed by atoms with Gasteiger partial charge in [-0.25, -0.2) is 4.79 Å². The highest BCUT2D eigenvalue weighted by Gasteiger charge is 2.22. The smallest absolute Gasteiger partial charge is 0.323 e. The Bertz CT molecular complexity index is 1190. The number of hydrogen-bond acceptors (Lipinski definition) is 5. The summed E-state index contributed by atoms with van der Waals surface area (Å²) in [7, 11) is 0. The Kier molecular flexibility index (Phi) is 5.49. The van der Waals surface area contributed by atoms with Crippen LogP contribution >= 0.6 is 0 Å². The van der Waals surface area contributed by atoms with Crippen LogP contribution in [-0.4, -0.2) is 17.5 Å². The van der Waals surface area contributed by atoms with E-state index in [4.69, 9.17) is 0 Å². The quantitative estimate of drug-likeness (QED) is 0.477. The molecule has 0 spiro atoms. The Morgan fingerprint density at radius 3 is 2.61 bits per heavy atom. The predicted octanol–water partition coefficient (Wildman–Crippen LogP) is 4.67. The maximum absolute atomic E-state index is 12.4. The highest BCUT2D eigenvalue weighted by Crippen LogP contribution is 2.32. The van der Waals surface area contributed by atoms with Crippen molar-refractivity contribution in [3.8, 4) is 6.07 Å². The Morgan fingerprint density at radius 1 is 1.06 bits per heavy atom. The SMILES string of the molecule is N#Cc1cc([N+](=O)[O-])ccc1N1CCc2c(cccc2NC(=O)Nc2ccccc2)C1. The fraction of sp³-hybridized carbons (Fsp3) is 0.130. The topological polar surface area (TPSA) is 111 Å². The van der Waals surface area contributed by atoms with E-state index in [0.717, 1.165) is 16.8 Å². The van der Waals surface area contributed by atoms with Crippen LogP contribution in [0.25, 0.3) is 0 Å². The van der Waals surface area contributed by atoms with Gasteiger partial charge in [-0.1, -0.05) is 30.3 Å². The lowest BCUT2D eigenvalue weighted by atomic mass is 9.96. The van der Waals surface area contributed by atoms with E-state index in [9.17, 15) is 20.2 Å². The minimum absolute atomic E-state index is 0.103. The molecule has 3 aromatic rings. The largest absolute Gasteiger partial charge is 0.366 e.